The molecule has 0 atom stereocenters. The minimum Gasteiger partial charge on any atom is -0.473 e. The molecule has 5 heteroatoms. The predicted octanol–water partition coefficient (Wildman–Crippen LogP) is 2.03. The van der Waals surface area contributed by atoms with E-state index >= 15 is 0 Å². The fraction of sp³-hybridized carbons (Fsp3) is 0.385. The highest BCUT2D eigenvalue weighted by Gasteiger charge is 2.09. The third-order valence-corrected chi connectivity index (χ3v) is 2.07. The van der Waals surface area contributed by atoms with Gasteiger partial charge >= 0.3 is 11.9 Å². The van der Waals surface area contributed by atoms with Crippen LogP contribution in [0, 0.1) is 0 Å². The van der Waals surface area contributed by atoms with Crippen molar-refractivity contribution in [2.45, 2.75) is 26.7 Å². The molecule has 0 amide bonds. The zero-order valence-corrected chi connectivity index (χ0v) is 10.8. The van der Waals surface area contributed by atoms with Crippen molar-refractivity contribution in [3.05, 3.63) is 29.8 Å². The van der Waals surface area contributed by atoms with Gasteiger partial charge in [0.2, 0.25) is 0 Å². The van der Waals surface area contributed by atoms with Gasteiger partial charge in [0.1, 0.15) is 0 Å². The number of carbonyl (C=O) groups excluding carboxylic acids is 1. The SMILES string of the molecule is CC(C)c1ccccc1N.CCOC(=O)C(=O)O. The molecule has 0 heterocycles. The Bertz CT molecular complexity index is 402. The van der Waals surface area contributed by atoms with E-state index in [4.69, 9.17) is 10.8 Å². The summed E-state index contributed by atoms with van der Waals surface area (Å²) in [6.45, 7) is 5.93. The third kappa shape index (κ3) is 5.89. The van der Waals surface area contributed by atoms with Crippen LogP contribution in [0.15, 0.2) is 24.3 Å². The Hall–Kier alpha value is -2.04. The van der Waals surface area contributed by atoms with Crippen LogP contribution in [0.5, 0.6) is 0 Å². The van der Waals surface area contributed by atoms with E-state index in [1.54, 1.807) is 6.92 Å². The van der Waals surface area contributed by atoms with Gasteiger partial charge in [0.05, 0.1) is 6.61 Å². The molecule has 0 saturated heterocycles. The lowest BCUT2D eigenvalue weighted by Gasteiger charge is -2.07. The Morgan fingerprint density at radius 3 is 2.17 bits per heavy atom. The molecule has 1 rings (SSSR count). The van der Waals surface area contributed by atoms with E-state index in [0.717, 1.165) is 5.69 Å². The van der Waals surface area contributed by atoms with Gasteiger partial charge < -0.3 is 15.6 Å². The lowest BCUT2D eigenvalue weighted by molar-refractivity contribution is -0.163. The quantitative estimate of drug-likeness (QED) is 0.478. The van der Waals surface area contributed by atoms with Gasteiger partial charge in [0.25, 0.3) is 0 Å². The monoisotopic (exact) mass is 253 g/mol. The zero-order valence-electron chi connectivity index (χ0n) is 10.8. The average molecular weight is 253 g/mol. The van der Waals surface area contributed by atoms with Crippen molar-refractivity contribution < 1.29 is 19.4 Å². The molecular formula is C13H19NO4. The first kappa shape index (κ1) is 16.0. The predicted molar refractivity (Wildman–Crippen MR) is 69.2 cm³/mol. The summed E-state index contributed by atoms with van der Waals surface area (Å²) in [6.07, 6.45) is 0. The third-order valence-electron chi connectivity index (χ3n) is 2.07. The van der Waals surface area contributed by atoms with Crippen molar-refractivity contribution in [2.24, 2.45) is 0 Å². The smallest absolute Gasteiger partial charge is 0.417 e. The number of ether oxygens (including phenoxy) is 1. The Labute approximate surface area is 107 Å². The maximum Gasteiger partial charge on any atom is 0.417 e. The zero-order chi connectivity index (χ0) is 14.1. The number of hydrogen-bond acceptors (Lipinski definition) is 4. The van der Waals surface area contributed by atoms with Crippen LogP contribution in [0.25, 0.3) is 0 Å². The van der Waals surface area contributed by atoms with Crippen LogP contribution >= 0.6 is 0 Å². The summed E-state index contributed by atoms with van der Waals surface area (Å²) >= 11 is 0. The maximum absolute atomic E-state index is 9.92. The Kier molecular flexibility index (Phi) is 7.19. The van der Waals surface area contributed by atoms with E-state index in [9.17, 15) is 9.59 Å². The van der Waals surface area contributed by atoms with Crippen LogP contribution in [0.1, 0.15) is 32.3 Å². The number of anilines is 1. The van der Waals surface area contributed by atoms with Gasteiger partial charge in [0.15, 0.2) is 0 Å². The summed E-state index contributed by atoms with van der Waals surface area (Å²) in [5, 5.41) is 7.84. The van der Waals surface area contributed by atoms with Gasteiger partial charge in [-0.05, 0) is 24.5 Å². The average Bonchev–Trinajstić information content (AvgIpc) is 2.30. The molecule has 0 aliphatic rings. The molecule has 0 aliphatic heterocycles. The molecule has 0 aliphatic carbocycles. The lowest BCUT2D eigenvalue weighted by Crippen LogP contribution is -2.15. The van der Waals surface area contributed by atoms with Crippen LogP contribution in [0.4, 0.5) is 5.69 Å². The number of hydrogen-bond donors (Lipinski definition) is 2. The molecular weight excluding hydrogens is 234 g/mol. The lowest BCUT2D eigenvalue weighted by atomic mass is 10.0. The van der Waals surface area contributed by atoms with Crippen molar-refractivity contribution in [3.63, 3.8) is 0 Å². The van der Waals surface area contributed by atoms with Crippen LogP contribution in [-0.4, -0.2) is 23.7 Å². The second-order valence-electron chi connectivity index (χ2n) is 3.81. The van der Waals surface area contributed by atoms with Gasteiger partial charge in [-0.3, -0.25) is 0 Å². The number of aliphatic carboxylic acids is 1. The van der Waals surface area contributed by atoms with E-state index in [2.05, 4.69) is 24.7 Å². The van der Waals surface area contributed by atoms with Crippen molar-refractivity contribution >= 4 is 17.6 Å². The Morgan fingerprint density at radius 1 is 1.33 bits per heavy atom. The molecule has 3 N–H and O–H groups in total. The standard InChI is InChI=1S/C9H13N.C4H6O4/c1-7(2)8-5-3-4-6-9(8)10;1-2-8-4(7)3(5)6/h3-7H,10H2,1-2H3;2H2,1H3,(H,5,6). The molecule has 100 valence electrons. The topological polar surface area (TPSA) is 89.6 Å². The molecule has 5 nitrogen and oxygen atoms in total. The molecule has 18 heavy (non-hydrogen) atoms. The summed E-state index contributed by atoms with van der Waals surface area (Å²) < 4.78 is 4.06. The van der Waals surface area contributed by atoms with Crippen LogP contribution in [0.3, 0.4) is 0 Å². The molecule has 0 bridgehead atoms. The summed E-state index contributed by atoms with van der Waals surface area (Å²) in [6, 6.07) is 7.99. The summed E-state index contributed by atoms with van der Waals surface area (Å²) in [5.41, 5.74) is 7.86. The fourth-order valence-corrected chi connectivity index (χ4v) is 1.23. The molecule has 1 aromatic carbocycles. The number of rotatable bonds is 2. The van der Waals surface area contributed by atoms with Crippen molar-refractivity contribution in [3.8, 4) is 0 Å². The second kappa shape index (κ2) is 8.11. The minimum absolute atomic E-state index is 0.102. The molecule has 0 spiro atoms. The summed E-state index contributed by atoms with van der Waals surface area (Å²) in [7, 11) is 0. The Morgan fingerprint density at radius 2 is 1.89 bits per heavy atom. The van der Waals surface area contributed by atoms with Crippen molar-refractivity contribution in [1.29, 1.82) is 0 Å². The van der Waals surface area contributed by atoms with Crippen molar-refractivity contribution in [1.82, 2.24) is 0 Å². The van der Waals surface area contributed by atoms with E-state index in [0.29, 0.717) is 5.92 Å². The van der Waals surface area contributed by atoms with Gasteiger partial charge in [-0.25, -0.2) is 9.59 Å². The van der Waals surface area contributed by atoms with Gasteiger partial charge in [-0.2, -0.15) is 0 Å². The highest BCUT2D eigenvalue weighted by Crippen LogP contribution is 2.19. The fourth-order valence-electron chi connectivity index (χ4n) is 1.23. The number of benzene rings is 1. The van der Waals surface area contributed by atoms with Crippen LogP contribution in [0.2, 0.25) is 0 Å². The first-order chi connectivity index (χ1) is 8.40. The van der Waals surface area contributed by atoms with Crippen molar-refractivity contribution in [2.75, 3.05) is 12.3 Å². The number of carbonyl (C=O) groups is 2. The van der Waals surface area contributed by atoms with Gasteiger partial charge in [-0.15, -0.1) is 0 Å². The highest BCUT2D eigenvalue weighted by molar-refractivity contribution is 6.28. The number of para-hydroxylation sites is 1. The molecule has 0 fully saturated rings. The normalized spacial score (nSPS) is 9.33. The molecule has 0 aromatic heterocycles. The number of esters is 1. The van der Waals surface area contributed by atoms with E-state index < -0.39 is 11.9 Å². The summed E-state index contributed by atoms with van der Waals surface area (Å²) in [4.78, 5) is 19.5. The maximum atomic E-state index is 9.92. The number of carboxylic acid groups (broad SMARTS) is 1. The van der Waals surface area contributed by atoms with E-state index in [1.165, 1.54) is 5.56 Å². The molecule has 1 aromatic rings. The van der Waals surface area contributed by atoms with Gasteiger partial charge in [-0.1, -0.05) is 32.0 Å². The molecule has 0 radical (unpaired) electrons. The molecule has 0 saturated carbocycles. The molecule has 0 unspecified atom stereocenters. The van der Waals surface area contributed by atoms with E-state index in [1.807, 2.05) is 18.2 Å². The van der Waals surface area contributed by atoms with Crippen LogP contribution in [-0.2, 0) is 14.3 Å². The highest BCUT2D eigenvalue weighted by atomic mass is 16.6. The first-order valence-electron chi connectivity index (χ1n) is 5.64. The van der Waals surface area contributed by atoms with E-state index in [-0.39, 0.29) is 6.61 Å². The number of nitrogen functional groups attached to an aromatic ring is 1. The van der Waals surface area contributed by atoms with Gasteiger partial charge in [0, 0.05) is 5.69 Å². The first-order valence-corrected chi connectivity index (χ1v) is 5.64. The second-order valence-corrected chi connectivity index (χ2v) is 3.81. The van der Waals surface area contributed by atoms with Crippen LogP contribution < -0.4 is 5.73 Å². The largest absolute Gasteiger partial charge is 0.473 e. The number of carboxylic acids is 1. The minimum atomic E-state index is -1.55. The summed E-state index contributed by atoms with van der Waals surface area (Å²) in [5.74, 6) is -2.22. The number of nitrogens with two attached hydrogens (primary N) is 1. The Balaban J connectivity index is 0.000000331.